The third-order valence-electron chi connectivity index (χ3n) is 6.59. The van der Waals surface area contributed by atoms with E-state index < -0.39 is 0 Å². The fraction of sp³-hybridized carbons (Fsp3) is 1.00. The number of nitrogens with one attached hydrogen (secondary N) is 1. The summed E-state index contributed by atoms with van der Waals surface area (Å²) < 4.78 is 0. The predicted octanol–water partition coefficient (Wildman–Crippen LogP) is 5.05. The summed E-state index contributed by atoms with van der Waals surface area (Å²) in [6, 6.07) is 1.63. The Morgan fingerprint density at radius 3 is 2.00 bits per heavy atom. The minimum Gasteiger partial charge on any atom is -0.311 e. The molecular formula is C18H33N. The van der Waals surface area contributed by atoms with Gasteiger partial charge in [0.05, 0.1) is 0 Å². The van der Waals surface area contributed by atoms with Crippen LogP contribution in [0.5, 0.6) is 0 Å². The van der Waals surface area contributed by atoms with Crippen LogP contribution in [0.1, 0.15) is 90.4 Å². The highest BCUT2D eigenvalue weighted by Gasteiger charge is 2.47. The summed E-state index contributed by atoms with van der Waals surface area (Å²) >= 11 is 0. The molecule has 0 aliphatic heterocycles. The highest BCUT2D eigenvalue weighted by atomic mass is 15.0. The van der Waals surface area contributed by atoms with E-state index >= 15 is 0 Å². The van der Waals surface area contributed by atoms with Crippen LogP contribution >= 0.6 is 0 Å². The minimum absolute atomic E-state index is 0.733. The van der Waals surface area contributed by atoms with Crippen molar-refractivity contribution >= 4 is 0 Å². The van der Waals surface area contributed by atoms with Crippen LogP contribution < -0.4 is 5.32 Å². The smallest absolute Gasteiger partial charge is 0.0126 e. The van der Waals surface area contributed by atoms with Gasteiger partial charge in [0, 0.05) is 12.1 Å². The standard InChI is InChI=1S/C18H33N/c1-15(16-9-5-2-3-6-10-16)19-17-11-14-18(17)12-7-4-8-13-18/h15-17,19H,2-14H2,1H3/t15-,17?/m0/s1. The van der Waals surface area contributed by atoms with Gasteiger partial charge in [0.2, 0.25) is 0 Å². The van der Waals surface area contributed by atoms with Gasteiger partial charge in [0.15, 0.2) is 0 Å². The van der Waals surface area contributed by atoms with E-state index in [4.69, 9.17) is 0 Å². The van der Waals surface area contributed by atoms with Crippen molar-refractivity contribution in [1.29, 1.82) is 0 Å². The van der Waals surface area contributed by atoms with Crippen LogP contribution in [-0.2, 0) is 0 Å². The summed E-state index contributed by atoms with van der Waals surface area (Å²) in [4.78, 5) is 0. The van der Waals surface area contributed by atoms with Crippen LogP contribution in [0.15, 0.2) is 0 Å². The van der Waals surface area contributed by atoms with Gasteiger partial charge in [-0.05, 0) is 56.8 Å². The van der Waals surface area contributed by atoms with E-state index in [1.807, 2.05) is 0 Å². The van der Waals surface area contributed by atoms with Crippen molar-refractivity contribution in [1.82, 2.24) is 5.32 Å². The maximum absolute atomic E-state index is 4.07. The van der Waals surface area contributed by atoms with E-state index in [2.05, 4.69) is 12.2 Å². The molecule has 1 N–H and O–H groups in total. The summed E-state index contributed by atoms with van der Waals surface area (Å²) in [6.45, 7) is 2.48. The summed E-state index contributed by atoms with van der Waals surface area (Å²) in [5, 5.41) is 4.07. The lowest BCUT2D eigenvalue weighted by Gasteiger charge is -2.54. The molecule has 0 amide bonds. The molecule has 2 atom stereocenters. The van der Waals surface area contributed by atoms with Gasteiger partial charge in [-0.2, -0.15) is 0 Å². The Morgan fingerprint density at radius 1 is 0.789 bits per heavy atom. The van der Waals surface area contributed by atoms with Gasteiger partial charge in [-0.1, -0.05) is 44.9 Å². The Kier molecular flexibility index (Phi) is 4.51. The molecule has 3 fully saturated rings. The highest BCUT2D eigenvalue weighted by molar-refractivity contribution is 5.02. The van der Waals surface area contributed by atoms with Gasteiger partial charge in [0.1, 0.15) is 0 Å². The highest BCUT2D eigenvalue weighted by Crippen LogP contribution is 2.52. The molecule has 0 saturated heterocycles. The summed E-state index contributed by atoms with van der Waals surface area (Å²) in [5.41, 5.74) is 0.733. The molecule has 1 unspecified atom stereocenters. The largest absolute Gasteiger partial charge is 0.311 e. The number of hydrogen-bond acceptors (Lipinski definition) is 1. The van der Waals surface area contributed by atoms with Gasteiger partial charge in [-0.25, -0.2) is 0 Å². The summed E-state index contributed by atoms with van der Waals surface area (Å²) in [6.07, 6.45) is 19.4. The van der Waals surface area contributed by atoms with E-state index in [1.54, 1.807) is 0 Å². The van der Waals surface area contributed by atoms with Crippen LogP contribution in [0.25, 0.3) is 0 Å². The van der Waals surface area contributed by atoms with Crippen LogP contribution in [0.2, 0.25) is 0 Å². The molecule has 3 rings (SSSR count). The summed E-state index contributed by atoms with van der Waals surface area (Å²) in [7, 11) is 0. The molecule has 0 aromatic carbocycles. The Balaban J connectivity index is 1.52. The maximum atomic E-state index is 4.07. The molecule has 3 aliphatic rings. The van der Waals surface area contributed by atoms with E-state index in [-0.39, 0.29) is 0 Å². The molecule has 3 saturated carbocycles. The average molecular weight is 263 g/mol. The van der Waals surface area contributed by atoms with E-state index in [0.29, 0.717) is 0 Å². The number of hydrogen-bond donors (Lipinski definition) is 1. The van der Waals surface area contributed by atoms with Crippen LogP contribution in [0.4, 0.5) is 0 Å². The lowest BCUT2D eigenvalue weighted by atomic mass is 9.57. The predicted molar refractivity (Wildman–Crippen MR) is 82.3 cm³/mol. The second-order valence-electron chi connectivity index (χ2n) is 7.72. The lowest BCUT2D eigenvalue weighted by Crippen LogP contribution is -2.57. The van der Waals surface area contributed by atoms with Gasteiger partial charge in [-0.15, -0.1) is 0 Å². The first-order chi connectivity index (χ1) is 9.30. The van der Waals surface area contributed by atoms with Gasteiger partial charge in [-0.3, -0.25) is 0 Å². The van der Waals surface area contributed by atoms with Crippen molar-refractivity contribution in [3.63, 3.8) is 0 Å². The van der Waals surface area contributed by atoms with Crippen molar-refractivity contribution in [3.05, 3.63) is 0 Å². The summed E-state index contributed by atoms with van der Waals surface area (Å²) in [5.74, 6) is 0.962. The molecule has 110 valence electrons. The van der Waals surface area contributed by atoms with E-state index in [0.717, 1.165) is 23.4 Å². The molecule has 0 aromatic rings. The maximum Gasteiger partial charge on any atom is 0.0126 e. The zero-order valence-corrected chi connectivity index (χ0v) is 12.9. The molecule has 0 radical (unpaired) electrons. The van der Waals surface area contributed by atoms with Crippen molar-refractivity contribution in [2.45, 2.75) is 102 Å². The molecule has 19 heavy (non-hydrogen) atoms. The van der Waals surface area contributed by atoms with Crippen molar-refractivity contribution in [2.75, 3.05) is 0 Å². The molecule has 1 heteroatoms. The molecule has 1 spiro atoms. The Labute approximate surface area is 119 Å². The van der Waals surface area contributed by atoms with Crippen LogP contribution in [-0.4, -0.2) is 12.1 Å². The number of rotatable bonds is 3. The normalized spacial score (nSPS) is 33.6. The molecule has 1 nitrogen and oxygen atoms in total. The Bertz CT molecular complexity index is 271. The fourth-order valence-electron chi connectivity index (χ4n) is 5.08. The minimum atomic E-state index is 0.733. The Hall–Kier alpha value is -0.0400. The SMILES string of the molecule is C[C@H](NC1CCC12CCCCC2)C1CCCCCC1. The van der Waals surface area contributed by atoms with Crippen LogP contribution in [0.3, 0.4) is 0 Å². The second-order valence-corrected chi connectivity index (χ2v) is 7.72. The Morgan fingerprint density at radius 2 is 1.42 bits per heavy atom. The zero-order chi connectivity index (χ0) is 13.1. The molecule has 0 bridgehead atoms. The zero-order valence-electron chi connectivity index (χ0n) is 12.9. The molecule has 0 heterocycles. The van der Waals surface area contributed by atoms with Gasteiger partial charge >= 0.3 is 0 Å². The topological polar surface area (TPSA) is 12.0 Å². The van der Waals surface area contributed by atoms with Crippen molar-refractivity contribution < 1.29 is 0 Å². The quantitative estimate of drug-likeness (QED) is 0.703. The third-order valence-corrected chi connectivity index (χ3v) is 6.59. The average Bonchev–Trinajstić information content (AvgIpc) is 2.73. The monoisotopic (exact) mass is 263 g/mol. The second kappa shape index (κ2) is 6.16. The van der Waals surface area contributed by atoms with Crippen LogP contribution in [0, 0.1) is 11.3 Å². The van der Waals surface area contributed by atoms with Gasteiger partial charge < -0.3 is 5.32 Å². The first-order valence-electron chi connectivity index (χ1n) is 9.06. The molecule has 3 aliphatic carbocycles. The third kappa shape index (κ3) is 3.01. The first kappa shape index (κ1) is 13.9. The first-order valence-corrected chi connectivity index (χ1v) is 9.06. The van der Waals surface area contributed by atoms with E-state index in [9.17, 15) is 0 Å². The van der Waals surface area contributed by atoms with E-state index in [1.165, 1.54) is 83.5 Å². The van der Waals surface area contributed by atoms with Gasteiger partial charge in [0.25, 0.3) is 0 Å². The molecule has 0 aromatic heterocycles. The van der Waals surface area contributed by atoms with Crippen molar-refractivity contribution in [3.8, 4) is 0 Å². The lowest BCUT2D eigenvalue weighted by molar-refractivity contribution is 0.0126. The molecular weight excluding hydrogens is 230 g/mol. The fourth-order valence-corrected chi connectivity index (χ4v) is 5.08. The van der Waals surface area contributed by atoms with Crippen molar-refractivity contribution in [2.24, 2.45) is 11.3 Å².